The molecule has 1 atom stereocenters. The number of Topliss-reactive ketones (excluding diaryl/α,β-unsaturated/α-hetero) is 1. The van der Waals surface area contributed by atoms with Crippen molar-refractivity contribution in [3.05, 3.63) is 167 Å². The summed E-state index contributed by atoms with van der Waals surface area (Å²) in [5, 5.41) is 2.84. The third kappa shape index (κ3) is 5.75. The van der Waals surface area contributed by atoms with Crippen LogP contribution in [0.25, 0.3) is 11.1 Å². The third-order valence-electron chi connectivity index (χ3n) is 8.62. The Morgan fingerprint density at radius 3 is 1.51 bits per heavy atom. The first-order valence-electron chi connectivity index (χ1n) is 15.1. The summed E-state index contributed by atoms with van der Waals surface area (Å²) < 4.78 is 5.84. The summed E-state index contributed by atoms with van der Waals surface area (Å²) in [6.07, 6.45) is -0.802. The lowest BCUT2D eigenvalue weighted by Crippen LogP contribution is -2.52. The topological polar surface area (TPSA) is 98.5 Å². The number of ketones is 1. The van der Waals surface area contributed by atoms with Crippen LogP contribution < -0.4 is 11.1 Å². The van der Waals surface area contributed by atoms with Crippen LogP contribution in [-0.4, -0.2) is 30.4 Å². The van der Waals surface area contributed by atoms with Crippen LogP contribution >= 0.6 is 0 Å². The van der Waals surface area contributed by atoms with Gasteiger partial charge < -0.3 is 15.8 Å². The summed E-state index contributed by atoms with van der Waals surface area (Å²) in [5.74, 6) is -0.993. The largest absolute Gasteiger partial charge is 0.449 e. The van der Waals surface area contributed by atoms with Gasteiger partial charge in [0.2, 0.25) is 5.91 Å². The van der Waals surface area contributed by atoms with Crippen LogP contribution in [-0.2, 0) is 19.7 Å². The lowest BCUT2D eigenvalue weighted by Gasteiger charge is -2.37. The van der Waals surface area contributed by atoms with Crippen molar-refractivity contribution in [2.45, 2.75) is 30.2 Å². The number of rotatable bonds is 11. The highest BCUT2D eigenvalue weighted by atomic mass is 16.5. The summed E-state index contributed by atoms with van der Waals surface area (Å²) in [7, 11) is 0. The van der Waals surface area contributed by atoms with E-state index in [1.807, 2.05) is 127 Å². The quantitative estimate of drug-likeness (QED) is 0.165. The highest BCUT2D eigenvalue weighted by Gasteiger charge is 2.47. The van der Waals surface area contributed by atoms with Crippen LogP contribution in [0.15, 0.2) is 140 Å². The molecule has 5 aromatic carbocycles. The second kappa shape index (κ2) is 13.0. The van der Waals surface area contributed by atoms with Crippen LogP contribution in [0.1, 0.15) is 46.6 Å². The molecule has 6 heteroatoms. The number of fused-ring (bicyclic) bond motifs is 3. The van der Waals surface area contributed by atoms with E-state index in [0.29, 0.717) is 0 Å². The van der Waals surface area contributed by atoms with Gasteiger partial charge >= 0.3 is 6.09 Å². The molecule has 0 saturated carbocycles. The number of primary amides is 1. The van der Waals surface area contributed by atoms with Gasteiger partial charge in [0.05, 0.1) is 6.04 Å². The number of hydrogen-bond acceptors (Lipinski definition) is 4. The molecule has 0 fully saturated rings. The van der Waals surface area contributed by atoms with Gasteiger partial charge in [0.15, 0.2) is 5.78 Å². The number of amides is 2. The molecule has 5 aromatic rings. The molecule has 0 spiro atoms. The molecule has 1 aliphatic rings. The number of nitrogens with two attached hydrogens (primary N) is 1. The number of benzene rings is 5. The van der Waals surface area contributed by atoms with E-state index in [9.17, 15) is 9.59 Å². The van der Waals surface area contributed by atoms with Crippen molar-refractivity contribution in [2.24, 2.45) is 5.73 Å². The Morgan fingerprint density at radius 1 is 0.644 bits per heavy atom. The molecule has 0 aromatic heterocycles. The minimum absolute atomic E-state index is 0.0204. The molecule has 224 valence electrons. The normalized spacial score (nSPS) is 12.9. The van der Waals surface area contributed by atoms with Gasteiger partial charge in [0, 0.05) is 12.3 Å². The SMILES string of the molecule is NC(=O)CC[C@H](NC(=O)OCC1c2ccccc2-c2ccccc21)C(=O)C(c1ccccc1)(c1ccccc1)c1ccccc1. The first kappa shape index (κ1) is 29.6. The van der Waals surface area contributed by atoms with Crippen molar-refractivity contribution in [3.63, 3.8) is 0 Å². The van der Waals surface area contributed by atoms with Crippen molar-refractivity contribution in [2.75, 3.05) is 6.61 Å². The molecule has 45 heavy (non-hydrogen) atoms. The molecule has 6 rings (SSSR count). The van der Waals surface area contributed by atoms with Crippen LogP contribution in [0, 0.1) is 0 Å². The molecule has 6 nitrogen and oxygen atoms in total. The van der Waals surface area contributed by atoms with Gasteiger partial charge in [-0.3, -0.25) is 9.59 Å². The van der Waals surface area contributed by atoms with Crippen molar-refractivity contribution < 1.29 is 19.1 Å². The van der Waals surface area contributed by atoms with E-state index in [1.54, 1.807) is 0 Å². The van der Waals surface area contributed by atoms with Crippen LogP contribution in [0.2, 0.25) is 0 Å². The monoisotopic (exact) mass is 594 g/mol. The molecule has 1 aliphatic carbocycles. The zero-order valence-corrected chi connectivity index (χ0v) is 24.8. The number of hydrogen-bond donors (Lipinski definition) is 2. The Kier molecular flexibility index (Phi) is 8.56. The van der Waals surface area contributed by atoms with Crippen LogP contribution in [0.5, 0.6) is 0 Å². The Balaban J connectivity index is 1.35. The maximum atomic E-state index is 15.1. The lowest BCUT2D eigenvalue weighted by atomic mass is 9.64. The Bertz CT molecular complexity index is 1660. The fourth-order valence-electron chi connectivity index (χ4n) is 6.59. The molecule has 0 saturated heterocycles. The van der Waals surface area contributed by atoms with E-state index in [2.05, 4.69) is 17.4 Å². The summed E-state index contributed by atoms with van der Waals surface area (Å²) in [6.45, 7) is 0.0950. The summed E-state index contributed by atoms with van der Waals surface area (Å²) >= 11 is 0. The smallest absolute Gasteiger partial charge is 0.407 e. The van der Waals surface area contributed by atoms with Gasteiger partial charge in [-0.15, -0.1) is 0 Å². The number of alkyl carbamates (subject to hydrolysis) is 1. The molecular formula is C39H34N2O4. The van der Waals surface area contributed by atoms with E-state index in [4.69, 9.17) is 10.5 Å². The molecule has 2 amide bonds. The van der Waals surface area contributed by atoms with Gasteiger partial charge in [-0.05, 0) is 45.4 Å². The number of carbonyl (C=O) groups is 3. The Morgan fingerprint density at radius 2 is 1.07 bits per heavy atom. The summed E-state index contributed by atoms with van der Waals surface area (Å²) in [5.41, 5.74) is 10.9. The summed E-state index contributed by atoms with van der Waals surface area (Å²) in [6, 6.07) is 43.6. The molecular weight excluding hydrogens is 560 g/mol. The van der Waals surface area contributed by atoms with Crippen molar-refractivity contribution in [3.8, 4) is 11.1 Å². The molecule has 0 unspecified atom stereocenters. The van der Waals surface area contributed by atoms with Gasteiger partial charge in [0.1, 0.15) is 12.0 Å². The molecule has 0 heterocycles. The van der Waals surface area contributed by atoms with E-state index < -0.39 is 23.5 Å². The zero-order chi connectivity index (χ0) is 31.2. The van der Waals surface area contributed by atoms with E-state index >= 15 is 4.79 Å². The van der Waals surface area contributed by atoms with E-state index in [0.717, 1.165) is 38.9 Å². The third-order valence-corrected chi connectivity index (χ3v) is 8.62. The predicted octanol–water partition coefficient (Wildman–Crippen LogP) is 6.76. The second-order valence-corrected chi connectivity index (χ2v) is 11.2. The maximum Gasteiger partial charge on any atom is 0.407 e. The van der Waals surface area contributed by atoms with Crippen LogP contribution in [0.3, 0.4) is 0 Å². The van der Waals surface area contributed by atoms with E-state index in [1.165, 1.54) is 0 Å². The Labute approximate surface area is 262 Å². The van der Waals surface area contributed by atoms with Crippen LogP contribution in [0.4, 0.5) is 4.79 Å². The second-order valence-electron chi connectivity index (χ2n) is 11.2. The van der Waals surface area contributed by atoms with Crippen molar-refractivity contribution >= 4 is 17.8 Å². The average molecular weight is 595 g/mol. The number of nitrogens with one attached hydrogen (secondary N) is 1. The van der Waals surface area contributed by atoms with Gasteiger partial charge in [-0.1, -0.05) is 140 Å². The minimum Gasteiger partial charge on any atom is -0.449 e. The molecule has 3 N–H and O–H groups in total. The van der Waals surface area contributed by atoms with Gasteiger partial charge in [-0.2, -0.15) is 0 Å². The van der Waals surface area contributed by atoms with Crippen molar-refractivity contribution in [1.29, 1.82) is 0 Å². The first-order chi connectivity index (χ1) is 22.0. The average Bonchev–Trinajstić information content (AvgIpc) is 3.41. The van der Waals surface area contributed by atoms with Gasteiger partial charge in [0.25, 0.3) is 0 Å². The number of carbonyl (C=O) groups excluding carboxylic acids is 3. The fraction of sp³-hybridized carbons (Fsp3) is 0.154. The molecule has 0 bridgehead atoms. The highest BCUT2D eigenvalue weighted by Crippen LogP contribution is 2.45. The maximum absolute atomic E-state index is 15.1. The fourth-order valence-corrected chi connectivity index (χ4v) is 6.59. The Hall–Kier alpha value is -5.49. The first-order valence-corrected chi connectivity index (χ1v) is 15.1. The van der Waals surface area contributed by atoms with E-state index in [-0.39, 0.29) is 31.1 Å². The minimum atomic E-state index is -1.29. The number of ether oxygens (including phenoxy) is 1. The standard InChI is InChI=1S/C39H34N2O4/c40-36(42)25-24-35(41-38(44)45-26-34-32-22-12-10-20-30(32)31-21-11-13-23-33(31)34)37(43)39(27-14-4-1-5-15-27,28-16-6-2-7-17-28)29-18-8-3-9-19-29/h1-23,34-35H,24-26H2,(H2,40,42)(H,41,44)/t35-/m0/s1. The zero-order valence-electron chi connectivity index (χ0n) is 24.8. The van der Waals surface area contributed by atoms with Crippen molar-refractivity contribution in [1.82, 2.24) is 5.32 Å². The molecule has 0 radical (unpaired) electrons. The molecule has 0 aliphatic heterocycles. The highest BCUT2D eigenvalue weighted by molar-refractivity contribution is 6.02. The predicted molar refractivity (Wildman–Crippen MR) is 175 cm³/mol. The van der Waals surface area contributed by atoms with Gasteiger partial charge in [-0.25, -0.2) is 4.79 Å². The lowest BCUT2D eigenvalue weighted by molar-refractivity contribution is -0.124. The summed E-state index contributed by atoms with van der Waals surface area (Å²) in [4.78, 5) is 40.6.